The van der Waals surface area contributed by atoms with Gasteiger partial charge in [0.05, 0.1) is 12.5 Å². The Kier molecular flexibility index (Phi) is 5.69. The molecule has 0 aliphatic heterocycles. The molecule has 0 radical (unpaired) electrons. The Morgan fingerprint density at radius 1 is 1.04 bits per heavy atom. The van der Waals surface area contributed by atoms with E-state index in [-0.39, 0.29) is 11.9 Å². The van der Waals surface area contributed by atoms with Gasteiger partial charge in [-0.25, -0.2) is 0 Å². The predicted octanol–water partition coefficient (Wildman–Crippen LogP) is 4.80. The number of aromatic nitrogens is 1. The van der Waals surface area contributed by atoms with Crippen LogP contribution >= 0.6 is 11.6 Å². The second-order valence-corrected chi connectivity index (χ2v) is 6.87. The van der Waals surface area contributed by atoms with Crippen LogP contribution in [0.25, 0.3) is 0 Å². The molecule has 132 valence electrons. The number of aryl methyl sites for hydroxylation is 2. The van der Waals surface area contributed by atoms with E-state index >= 15 is 0 Å². The smallest absolute Gasteiger partial charge is 0.225 e. The zero-order valence-electron chi connectivity index (χ0n) is 14.9. The lowest BCUT2D eigenvalue weighted by molar-refractivity contribution is -0.120. The molecule has 4 heteroatoms. The zero-order chi connectivity index (χ0) is 18.5. The molecule has 3 aromatic rings. The third-order valence-electron chi connectivity index (χ3n) is 4.47. The van der Waals surface area contributed by atoms with Crippen molar-refractivity contribution >= 4 is 17.5 Å². The van der Waals surface area contributed by atoms with Crippen LogP contribution in [0.1, 0.15) is 33.9 Å². The maximum atomic E-state index is 12.6. The van der Waals surface area contributed by atoms with Gasteiger partial charge in [-0.2, -0.15) is 0 Å². The van der Waals surface area contributed by atoms with Gasteiger partial charge in [0.15, 0.2) is 0 Å². The summed E-state index contributed by atoms with van der Waals surface area (Å²) < 4.78 is 0. The minimum atomic E-state index is -0.234. The van der Waals surface area contributed by atoms with E-state index in [4.69, 9.17) is 11.6 Å². The lowest BCUT2D eigenvalue weighted by Gasteiger charge is -2.20. The molecule has 26 heavy (non-hydrogen) atoms. The molecule has 1 heterocycles. The van der Waals surface area contributed by atoms with Crippen molar-refractivity contribution in [3.05, 3.63) is 99.8 Å². The van der Waals surface area contributed by atoms with E-state index in [1.807, 2.05) is 24.3 Å². The quantitative estimate of drug-likeness (QED) is 0.706. The molecule has 2 aromatic carbocycles. The van der Waals surface area contributed by atoms with E-state index < -0.39 is 0 Å². The summed E-state index contributed by atoms with van der Waals surface area (Å²) in [6.07, 6.45) is 3.83. The fourth-order valence-electron chi connectivity index (χ4n) is 2.85. The molecular formula is C22H21ClN2O. The molecule has 1 aromatic heterocycles. The van der Waals surface area contributed by atoms with E-state index in [0.717, 1.165) is 16.7 Å². The highest BCUT2D eigenvalue weighted by Crippen LogP contribution is 2.24. The van der Waals surface area contributed by atoms with Crippen LogP contribution in [0.5, 0.6) is 0 Å². The summed E-state index contributed by atoms with van der Waals surface area (Å²) in [5.41, 5.74) is 5.36. The van der Waals surface area contributed by atoms with Gasteiger partial charge in [0.1, 0.15) is 0 Å². The van der Waals surface area contributed by atoms with Crippen molar-refractivity contribution in [2.45, 2.75) is 26.3 Å². The van der Waals surface area contributed by atoms with Crippen LogP contribution in [-0.4, -0.2) is 10.9 Å². The minimum Gasteiger partial charge on any atom is -0.345 e. The first-order chi connectivity index (χ1) is 12.5. The van der Waals surface area contributed by atoms with Crippen molar-refractivity contribution in [3.8, 4) is 0 Å². The van der Waals surface area contributed by atoms with Crippen LogP contribution in [-0.2, 0) is 11.2 Å². The molecule has 1 N–H and O–H groups in total. The SMILES string of the molecule is Cc1ccc(C(NC(=O)Cc2ccc(Cl)cc2)c2cccnc2)cc1C. The van der Waals surface area contributed by atoms with Gasteiger partial charge >= 0.3 is 0 Å². The summed E-state index contributed by atoms with van der Waals surface area (Å²) in [6.45, 7) is 4.16. The molecule has 1 amide bonds. The summed E-state index contributed by atoms with van der Waals surface area (Å²) >= 11 is 5.91. The normalized spacial score (nSPS) is 11.8. The summed E-state index contributed by atoms with van der Waals surface area (Å²) in [4.78, 5) is 16.8. The first kappa shape index (κ1) is 18.2. The first-order valence-corrected chi connectivity index (χ1v) is 8.91. The molecule has 0 fully saturated rings. The van der Waals surface area contributed by atoms with Crippen LogP contribution in [0.4, 0.5) is 0 Å². The molecular weight excluding hydrogens is 344 g/mol. The first-order valence-electron chi connectivity index (χ1n) is 8.54. The molecule has 0 saturated heterocycles. The van der Waals surface area contributed by atoms with Crippen molar-refractivity contribution in [3.63, 3.8) is 0 Å². The second-order valence-electron chi connectivity index (χ2n) is 6.43. The topological polar surface area (TPSA) is 42.0 Å². The number of nitrogens with zero attached hydrogens (tertiary/aromatic N) is 1. The number of rotatable bonds is 5. The van der Waals surface area contributed by atoms with Gasteiger partial charge in [0.2, 0.25) is 5.91 Å². The van der Waals surface area contributed by atoms with Crippen molar-refractivity contribution in [1.29, 1.82) is 0 Å². The minimum absolute atomic E-state index is 0.0422. The number of amides is 1. The molecule has 3 rings (SSSR count). The molecule has 0 saturated carbocycles. The molecule has 0 aliphatic carbocycles. The number of benzene rings is 2. The Bertz CT molecular complexity index is 892. The van der Waals surface area contributed by atoms with Gasteiger partial charge in [-0.3, -0.25) is 9.78 Å². The number of nitrogens with one attached hydrogen (secondary N) is 1. The second kappa shape index (κ2) is 8.15. The molecule has 0 aliphatic rings. The number of carbonyl (C=O) groups is 1. The number of halogens is 1. The van der Waals surface area contributed by atoms with Crippen molar-refractivity contribution in [2.75, 3.05) is 0 Å². The Balaban J connectivity index is 1.84. The molecule has 0 bridgehead atoms. The van der Waals surface area contributed by atoms with Gasteiger partial charge in [-0.15, -0.1) is 0 Å². The molecule has 0 spiro atoms. The predicted molar refractivity (Wildman–Crippen MR) is 105 cm³/mol. The Morgan fingerprint density at radius 2 is 1.81 bits per heavy atom. The fourth-order valence-corrected chi connectivity index (χ4v) is 2.98. The summed E-state index contributed by atoms with van der Waals surface area (Å²) in [7, 11) is 0. The number of hydrogen-bond acceptors (Lipinski definition) is 2. The standard InChI is InChI=1S/C22H21ClN2O/c1-15-5-8-18(12-16(15)2)22(19-4-3-11-24-14-19)25-21(26)13-17-6-9-20(23)10-7-17/h3-12,14,22H,13H2,1-2H3,(H,25,26). The number of carbonyl (C=O) groups excluding carboxylic acids is 1. The largest absolute Gasteiger partial charge is 0.345 e. The van der Waals surface area contributed by atoms with E-state index in [1.165, 1.54) is 11.1 Å². The lowest BCUT2D eigenvalue weighted by Crippen LogP contribution is -2.30. The number of hydrogen-bond donors (Lipinski definition) is 1. The molecule has 1 atom stereocenters. The van der Waals surface area contributed by atoms with E-state index in [9.17, 15) is 4.79 Å². The van der Waals surface area contributed by atoms with Crippen LogP contribution < -0.4 is 5.32 Å². The third kappa shape index (κ3) is 4.50. The van der Waals surface area contributed by atoms with Crippen molar-refractivity contribution in [1.82, 2.24) is 10.3 Å². The van der Waals surface area contributed by atoms with Crippen LogP contribution in [0.15, 0.2) is 67.0 Å². The molecule has 3 nitrogen and oxygen atoms in total. The summed E-state index contributed by atoms with van der Waals surface area (Å²) in [5, 5.41) is 3.81. The van der Waals surface area contributed by atoms with Crippen LogP contribution in [0.2, 0.25) is 5.02 Å². The maximum absolute atomic E-state index is 12.6. The van der Waals surface area contributed by atoms with Gasteiger partial charge in [-0.05, 0) is 59.9 Å². The van der Waals surface area contributed by atoms with Crippen molar-refractivity contribution < 1.29 is 4.79 Å². The Hall–Kier alpha value is -2.65. The van der Waals surface area contributed by atoms with E-state index in [2.05, 4.69) is 42.3 Å². The Morgan fingerprint density at radius 3 is 2.46 bits per heavy atom. The zero-order valence-corrected chi connectivity index (χ0v) is 15.6. The highest BCUT2D eigenvalue weighted by Gasteiger charge is 2.18. The van der Waals surface area contributed by atoms with Crippen LogP contribution in [0, 0.1) is 13.8 Å². The van der Waals surface area contributed by atoms with E-state index in [1.54, 1.807) is 24.5 Å². The molecule has 1 unspecified atom stereocenters. The van der Waals surface area contributed by atoms with E-state index in [0.29, 0.717) is 11.4 Å². The monoisotopic (exact) mass is 364 g/mol. The van der Waals surface area contributed by atoms with Crippen LogP contribution in [0.3, 0.4) is 0 Å². The average Bonchev–Trinajstić information content (AvgIpc) is 2.65. The highest BCUT2D eigenvalue weighted by atomic mass is 35.5. The van der Waals surface area contributed by atoms with Gasteiger partial charge in [-0.1, -0.05) is 48.0 Å². The maximum Gasteiger partial charge on any atom is 0.225 e. The van der Waals surface area contributed by atoms with Crippen molar-refractivity contribution in [2.24, 2.45) is 0 Å². The summed E-state index contributed by atoms with van der Waals surface area (Å²) in [6, 6.07) is 17.2. The lowest BCUT2D eigenvalue weighted by atomic mass is 9.96. The highest BCUT2D eigenvalue weighted by molar-refractivity contribution is 6.30. The van der Waals surface area contributed by atoms with Gasteiger partial charge in [0.25, 0.3) is 0 Å². The fraction of sp³-hybridized carbons (Fsp3) is 0.182. The van der Waals surface area contributed by atoms with Gasteiger partial charge < -0.3 is 5.32 Å². The Labute approximate surface area is 159 Å². The number of pyridine rings is 1. The summed E-state index contributed by atoms with van der Waals surface area (Å²) in [5.74, 6) is -0.0422. The average molecular weight is 365 g/mol. The van der Waals surface area contributed by atoms with Gasteiger partial charge in [0, 0.05) is 17.4 Å². The third-order valence-corrected chi connectivity index (χ3v) is 4.72.